The van der Waals surface area contributed by atoms with Gasteiger partial charge in [0.2, 0.25) is 17.5 Å². The molecule has 1 heterocycles. The summed E-state index contributed by atoms with van der Waals surface area (Å²) in [7, 11) is 1.61. The first kappa shape index (κ1) is 17.4. The summed E-state index contributed by atoms with van der Waals surface area (Å²) in [5, 5.41) is 12.3. The van der Waals surface area contributed by atoms with Crippen LogP contribution in [0.3, 0.4) is 0 Å². The van der Waals surface area contributed by atoms with Gasteiger partial charge < -0.3 is 19.2 Å². The van der Waals surface area contributed by atoms with Gasteiger partial charge in [-0.2, -0.15) is 10.2 Å². The summed E-state index contributed by atoms with van der Waals surface area (Å²) in [6, 6.07) is 19.3. The van der Waals surface area contributed by atoms with E-state index in [1.165, 1.54) is 5.56 Å². The first-order chi connectivity index (χ1) is 12.8. The molecule has 0 fully saturated rings. The van der Waals surface area contributed by atoms with Crippen LogP contribution in [0.5, 0.6) is 11.5 Å². The monoisotopic (exact) mass is 349 g/mol. The van der Waals surface area contributed by atoms with Gasteiger partial charge in [-0.05, 0) is 36.2 Å². The average Bonchev–Trinajstić information content (AvgIpc) is 3.10. The number of benzene rings is 2. The van der Waals surface area contributed by atoms with Crippen LogP contribution in [0.1, 0.15) is 17.1 Å². The number of aromatic nitrogens is 1. The molecule has 0 aliphatic carbocycles. The Morgan fingerprint density at radius 2 is 1.81 bits per heavy atom. The third-order valence-electron chi connectivity index (χ3n) is 3.74. The second-order valence-electron chi connectivity index (χ2n) is 5.52. The Morgan fingerprint density at radius 3 is 2.50 bits per heavy atom. The molecule has 6 nitrogen and oxygen atoms in total. The first-order valence-corrected chi connectivity index (χ1v) is 8.23. The summed E-state index contributed by atoms with van der Waals surface area (Å²) < 4.78 is 16.3. The first-order valence-electron chi connectivity index (χ1n) is 8.23. The van der Waals surface area contributed by atoms with Crippen molar-refractivity contribution >= 4 is 5.88 Å². The number of ether oxygens (including phenoxy) is 2. The van der Waals surface area contributed by atoms with E-state index in [4.69, 9.17) is 13.9 Å². The molecule has 0 amide bonds. The Balaban J connectivity index is 1.56. The van der Waals surface area contributed by atoms with Crippen LogP contribution < -0.4 is 14.8 Å². The van der Waals surface area contributed by atoms with Crippen LogP contribution in [-0.2, 0) is 13.0 Å². The summed E-state index contributed by atoms with van der Waals surface area (Å²) in [5.74, 6) is 2.14. The minimum absolute atomic E-state index is 0.140. The van der Waals surface area contributed by atoms with Crippen LogP contribution >= 0.6 is 0 Å². The number of hydrogen-bond donors (Lipinski definition) is 1. The molecule has 0 atom stereocenters. The van der Waals surface area contributed by atoms with E-state index in [0.717, 1.165) is 12.2 Å². The number of anilines is 1. The van der Waals surface area contributed by atoms with Gasteiger partial charge in [-0.15, -0.1) is 0 Å². The number of hydrogen-bond acceptors (Lipinski definition) is 6. The molecule has 132 valence electrons. The molecule has 1 N–H and O–H groups in total. The molecule has 0 saturated heterocycles. The van der Waals surface area contributed by atoms with Gasteiger partial charge in [0.1, 0.15) is 17.6 Å². The Morgan fingerprint density at radius 1 is 1.08 bits per heavy atom. The molecular formula is C20H19N3O3. The Hall–Kier alpha value is -3.46. The standard InChI is InChI=1S/C20H19N3O3/c1-24-16-7-9-17(10-8-16)25-14-19-23-18(13-21)20(26-19)22-12-11-15-5-3-2-4-6-15/h2-10,22H,11-12,14H2,1H3. The van der Waals surface area contributed by atoms with E-state index in [2.05, 4.69) is 22.4 Å². The lowest BCUT2D eigenvalue weighted by molar-refractivity contribution is 0.264. The Bertz CT molecular complexity index is 868. The van der Waals surface area contributed by atoms with Crippen LogP contribution in [0.2, 0.25) is 0 Å². The van der Waals surface area contributed by atoms with Crippen molar-refractivity contribution in [1.82, 2.24) is 4.98 Å². The Labute approximate surface area is 152 Å². The fourth-order valence-corrected chi connectivity index (χ4v) is 2.40. The number of methoxy groups -OCH3 is 1. The molecule has 3 rings (SSSR count). The van der Waals surface area contributed by atoms with Crippen molar-refractivity contribution in [2.24, 2.45) is 0 Å². The maximum absolute atomic E-state index is 9.22. The van der Waals surface area contributed by atoms with Gasteiger partial charge in [-0.3, -0.25) is 0 Å². The zero-order valence-corrected chi connectivity index (χ0v) is 14.4. The average molecular weight is 349 g/mol. The van der Waals surface area contributed by atoms with Crippen molar-refractivity contribution in [3.63, 3.8) is 0 Å². The summed E-state index contributed by atoms with van der Waals surface area (Å²) in [6.45, 7) is 0.786. The molecular weight excluding hydrogens is 330 g/mol. The molecule has 1 aromatic heterocycles. The molecule has 0 unspecified atom stereocenters. The number of nitrogens with zero attached hydrogens (tertiary/aromatic N) is 2. The Kier molecular flexibility index (Phi) is 5.73. The molecule has 0 bridgehead atoms. The number of nitrogens with one attached hydrogen (secondary N) is 1. The molecule has 0 radical (unpaired) electrons. The van der Waals surface area contributed by atoms with Gasteiger partial charge in [-0.25, -0.2) is 0 Å². The van der Waals surface area contributed by atoms with Crippen LogP contribution in [0.25, 0.3) is 0 Å². The summed E-state index contributed by atoms with van der Waals surface area (Å²) in [6.07, 6.45) is 0.824. The highest BCUT2D eigenvalue weighted by Crippen LogP contribution is 2.20. The predicted octanol–water partition coefficient (Wildman–Crippen LogP) is 3.79. The lowest BCUT2D eigenvalue weighted by Crippen LogP contribution is -2.05. The second-order valence-corrected chi connectivity index (χ2v) is 5.52. The van der Waals surface area contributed by atoms with Gasteiger partial charge in [0.05, 0.1) is 7.11 Å². The normalized spacial score (nSPS) is 10.2. The van der Waals surface area contributed by atoms with Crippen LogP contribution in [0, 0.1) is 11.3 Å². The van der Waals surface area contributed by atoms with Gasteiger partial charge in [0, 0.05) is 6.54 Å². The molecule has 2 aromatic carbocycles. The maximum Gasteiger partial charge on any atom is 0.236 e. The van der Waals surface area contributed by atoms with Gasteiger partial charge in [0.25, 0.3) is 0 Å². The van der Waals surface area contributed by atoms with E-state index >= 15 is 0 Å². The highest BCUT2D eigenvalue weighted by molar-refractivity contribution is 5.45. The summed E-state index contributed by atoms with van der Waals surface area (Å²) >= 11 is 0. The number of nitriles is 1. The number of rotatable bonds is 8. The molecule has 6 heteroatoms. The third kappa shape index (κ3) is 4.54. The smallest absolute Gasteiger partial charge is 0.236 e. The van der Waals surface area contributed by atoms with Crippen molar-refractivity contribution in [1.29, 1.82) is 5.26 Å². The van der Waals surface area contributed by atoms with Crippen molar-refractivity contribution in [2.45, 2.75) is 13.0 Å². The van der Waals surface area contributed by atoms with Crippen LogP contribution in [0.15, 0.2) is 59.0 Å². The predicted molar refractivity (Wildman–Crippen MR) is 97.2 cm³/mol. The zero-order valence-electron chi connectivity index (χ0n) is 14.4. The molecule has 0 aliphatic heterocycles. The largest absolute Gasteiger partial charge is 0.497 e. The van der Waals surface area contributed by atoms with Crippen molar-refractivity contribution in [3.8, 4) is 17.6 Å². The van der Waals surface area contributed by atoms with Gasteiger partial charge >= 0.3 is 0 Å². The minimum Gasteiger partial charge on any atom is -0.497 e. The van der Waals surface area contributed by atoms with E-state index < -0.39 is 0 Å². The van der Waals surface area contributed by atoms with Gasteiger partial charge in [-0.1, -0.05) is 30.3 Å². The molecule has 3 aromatic rings. The second kappa shape index (κ2) is 8.58. The number of oxazole rings is 1. The van der Waals surface area contributed by atoms with Crippen molar-refractivity contribution in [2.75, 3.05) is 19.0 Å². The summed E-state index contributed by atoms with van der Waals surface area (Å²) in [4.78, 5) is 4.16. The van der Waals surface area contributed by atoms with Crippen molar-refractivity contribution < 1.29 is 13.9 Å². The molecule has 0 spiro atoms. The zero-order chi connectivity index (χ0) is 18.2. The van der Waals surface area contributed by atoms with Crippen LogP contribution in [-0.4, -0.2) is 18.6 Å². The maximum atomic E-state index is 9.22. The fraction of sp³-hybridized carbons (Fsp3) is 0.200. The highest BCUT2D eigenvalue weighted by Gasteiger charge is 2.13. The van der Waals surface area contributed by atoms with Gasteiger partial charge in [0.15, 0.2) is 6.61 Å². The quantitative estimate of drug-likeness (QED) is 0.666. The topological polar surface area (TPSA) is 80.3 Å². The molecule has 0 aliphatic rings. The fourth-order valence-electron chi connectivity index (χ4n) is 2.40. The van der Waals surface area contributed by atoms with E-state index in [1.807, 2.05) is 36.4 Å². The minimum atomic E-state index is 0.140. The van der Waals surface area contributed by atoms with E-state index in [1.54, 1.807) is 19.2 Å². The summed E-state index contributed by atoms with van der Waals surface area (Å²) in [5.41, 5.74) is 1.44. The molecule has 26 heavy (non-hydrogen) atoms. The van der Waals surface area contributed by atoms with E-state index in [9.17, 15) is 5.26 Å². The lowest BCUT2D eigenvalue weighted by Gasteiger charge is -2.05. The third-order valence-corrected chi connectivity index (χ3v) is 3.74. The SMILES string of the molecule is COc1ccc(OCc2nc(C#N)c(NCCc3ccccc3)o2)cc1. The lowest BCUT2D eigenvalue weighted by atomic mass is 10.1. The van der Waals surface area contributed by atoms with Crippen molar-refractivity contribution in [3.05, 3.63) is 71.7 Å². The van der Waals surface area contributed by atoms with Crippen LogP contribution in [0.4, 0.5) is 5.88 Å². The molecule has 0 saturated carbocycles. The highest BCUT2D eigenvalue weighted by atomic mass is 16.5. The van der Waals surface area contributed by atoms with E-state index in [-0.39, 0.29) is 12.3 Å². The van der Waals surface area contributed by atoms with E-state index in [0.29, 0.717) is 24.1 Å².